The molecule has 8 nitrogen and oxygen atoms in total. The molecule has 0 aromatic heterocycles. The zero-order chi connectivity index (χ0) is 24.7. The molecule has 1 heterocycles. The van der Waals surface area contributed by atoms with Gasteiger partial charge in [-0.3, -0.25) is 13.9 Å². The third-order valence-electron chi connectivity index (χ3n) is 5.63. The van der Waals surface area contributed by atoms with Crippen molar-refractivity contribution in [1.29, 1.82) is 0 Å². The maximum atomic E-state index is 14.0. The van der Waals surface area contributed by atoms with E-state index in [2.05, 4.69) is 0 Å². The Bertz CT molecular complexity index is 1100. The lowest BCUT2D eigenvalue weighted by atomic mass is 9.97. The Morgan fingerprint density at radius 3 is 2.32 bits per heavy atom. The maximum absolute atomic E-state index is 14.0. The molecule has 3 rings (SSSR count). The predicted molar refractivity (Wildman–Crippen MR) is 125 cm³/mol. The maximum Gasteiger partial charge on any atom is 0.309 e. The van der Waals surface area contributed by atoms with Crippen LogP contribution in [0.4, 0.5) is 10.1 Å². The summed E-state index contributed by atoms with van der Waals surface area (Å²) >= 11 is 0. The molecule has 184 valence electrons. The van der Waals surface area contributed by atoms with Crippen LogP contribution in [-0.2, 0) is 30.9 Å². The number of amides is 1. The van der Waals surface area contributed by atoms with Gasteiger partial charge in [0.1, 0.15) is 11.6 Å². The van der Waals surface area contributed by atoms with Crippen molar-refractivity contribution in [2.24, 2.45) is 5.92 Å². The zero-order valence-electron chi connectivity index (χ0n) is 19.3. The van der Waals surface area contributed by atoms with Crippen LogP contribution in [0.5, 0.6) is 5.75 Å². The average Bonchev–Trinajstić information content (AvgIpc) is 2.82. The van der Waals surface area contributed by atoms with Crippen LogP contribution in [0.15, 0.2) is 48.5 Å². The van der Waals surface area contributed by atoms with Crippen LogP contribution >= 0.6 is 0 Å². The molecule has 1 aliphatic rings. The molecule has 0 spiro atoms. The van der Waals surface area contributed by atoms with E-state index < -0.39 is 15.8 Å². The molecule has 1 saturated heterocycles. The number of esters is 1. The summed E-state index contributed by atoms with van der Waals surface area (Å²) in [6.45, 7) is 2.71. The average molecular weight is 493 g/mol. The third-order valence-corrected chi connectivity index (χ3v) is 6.77. The number of likely N-dealkylation sites (tertiary alicyclic amines) is 1. The van der Waals surface area contributed by atoms with Gasteiger partial charge >= 0.3 is 5.97 Å². The molecular formula is C24H29FN2O6S. The minimum absolute atomic E-state index is 0.147. The molecular weight excluding hydrogens is 463 g/mol. The zero-order valence-corrected chi connectivity index (χ0v) is 20.1. The molecule has 0 saturated carbocycles. The van der Waals surface area contributed by atoms with E-state index in [1.165, 1.54) is 12.1 Å². The first-order valence-corrected chi connectivity index (χ1v) is 12.9. The quantitative estimate of drug-likeness (QED) is 0.500. The molecule has 1 aliphatic heterocycles. The molecule has 1 fully saturated rings. The van der Waals surface area contributed by atoms with Crippen molar-refractivity contribution < 1.29 is 31.9 Å². The number of halogens is 1. The van der Waals surface area contributed by atoms with Gasteiger partial charge < -0.3 is 14.4 Å². The van der Waals surface area contributed by atoms with Gasteiger partial charge in [-0.1, -0.05) is 18.2 Å². The molecule has 0 N–H and O–H groups in total. The Morgan fingerprint density at radius 2 is 1.74 bits per heavy atom. The summed E-state index contributed by atoms with van der Waals surface area (Å²) in [5.74, 6) is -0.675. The first-order chi connectivity index (χ1) is 16.2. The number of rotatable bonds is 9. The number of hydrogen-bond donors (Lipinski definition) is 0. The smallest absolute Gasteiger partial charge is 0.309 e. The fraction of sp³-hybridized carbons (Fsp3) is 0.417. The highest BCUT2D eigenvalue weighted by Crippen LogP contribution is 2.25. The second-order valence-corrected chi connectivity index (χ2v) is 9.96. The largest absolute Gasteiger partial charge is 0.484 e. The number of ether oxygens (including phenoxy) is 2. The molecule has 10 heteroatoms. The summed E-state index contributed by atoms with van der Waals surface area (Å²) < 4.78 is 50.4. The number of benzene rings is 2. The van der Waals surface area contributed by atoms with Gasteiger partial charge in [-0.15, -0.1) is 0 Å². The Balaban J connectivity index is 1.57. The summed E-state index contributed by atoms with van der Waals surface area (Å²) in [6, 6.07) is 12.2. The van der Waals surface area contributed by atoms with Crippen molar-refractivity contribution in [1.82, 2.24) is 4.90 Å². The molecule has 0 bridgehead atoms. The van der Waals surface area contributed by atoms with E-state index in [4.69, 9.17) is 9.47 Å². The first-order valence-electron chi connectivity index (χ1n) is 11.1. The van der Waals surface area contributed by atoms with Crippen LogP contribution in [-0.4, -0.2) is 57.8 Å². The highest BCUT2D eigenvalue weighted by Gasteiger charge is 2.28. The van der Waals surface area contributed by atoms with Gasteiger partial charge in [0.15, 0.2) is 6.61 Å². The van der Waals surface area contributed by atoms with E-state index in [1.54, 1.807) is 48.2 Å². The van der Waals surface area contributed by atoms with Crippen molar-refractivity contribution in [3.8, 4) is 5.75 Å². The lowest BCUT2D eigenvalue weighted by Gasteiger charge is -2.30. The third kappa shape index (κ3) is 6.69. The fourth-order valence-electron chi connectivity index (χ4n) is 3.75. The number of sulfonamides is 1. The monoisotopic (exact) mass is 492 g/mol. The molecule has 2 aromatic rings. The molecule has 34 heavy (non-hydrogen) atoms. The standard InChI is InChI=1S/C24H29FN2O6S/c1-3-32-24(29)18-12-14-26(15-13-18)23(28)17-33-21-10-8-20(9-11-21)27(34(2,30)31)16-19-6-4-5-7-22(19)25/h4-11,18H,3,12-17H2,1-2H3. The molecule has 0 atom stereocenters. The molecule has 1 amide bonds. The van der Waals surface area contributed by atoms with E-state index in [0.29, 0.717) is 44.0 Å². The number of carbonyl (C=O) groups is 2. The molecule has 2 aromatic carbocycles. The van der Waals surface area contributed by atoms with E-state index in [9.17, 15) is 22.4 Å². The Morgan fingerprint density at radius 1 is 1.09 bits per heavy atom. The number of anilines is 1. The van der Waals surface area contributed by atoms with Crippen LogP contribution < -0.4 is 9.04 Å². The van der Waals surface area contributed by atoms with Gasteiger partial charge in [0.05, 0.1) is 31.0 Å². The fourth-order valence-corrected chi connectivity index (χ4v) is 4.63. The summed E-state index contributed by atoms with van der Waals surface area (Å²) in [7, 11) is -3.67. The summed E-state index contributed by atoms with van der Waals surface area (Å²) in [5.41, 5.74) is 0.607. The highest BCUT2D eigenvalue weighted by atomic mass is 32.2. The van der Waals surface area contributed by atoms with Crippen molar-refractivity contribution in [3.63, 3.8) is 0 Å². The summed E-state index contributed by atoms with van der Waals surface area (Å²) in [5, 5.41) is 0. The van der Waals surface area contributed by atoms with Crippen LogP contribution in [0.25, 0.3) is 0 Å². The molecule has 0 aliphatic carbocycles. The Hall–Kier alpha value is -3.14. The minimum Gasteiger partial charge on any atom is -0.484 e. The van der Waals surface area contributed by atoms with Crippen LogP contribution in [0, 0.1) is 11.7 Å². The van der Waals surface area contributed by atoms with Crippen molar-refractivity contribution >= 4 is 27.6 Å². The summed E-state index contributed by atoms with van der Waals surface area (Å²) in [4.78, 5) is 26.0. The van der Waals surface area contributed by atoms with Gasteiger partial charge in [-0.2, -0.15) is 0 Å². The molecule has 0 unspecified atom stereocenters. The van der Waals surface area contributed by atoms with Gasteiger partial charge in [0.25, 0.3) is 5.91 Å². The Labute approximate surface area is 199 Å². The van der Waals surface area contributed by atoms with E-state index in [0.717, 1.165) is 10.6 Å². The number of nitrogens with zero attached hydrogens (tertiary/aromatic N) is 2. The summed E-state index contributed by atoms with van der Waals surface area (Å²) in [6.07, 6.45) is 2.17. The second kappa shape index (κ2) is 11.3. The predicted octanol–water partition coefficient (Wildman–Crippen LogP) is 2.97. The lowest BCUT2D eigenvalue weighted by molar-refractivity contribution is -0.151. The van der Waals surface area contributed by atoms with Crippen LogP contribution in [0.2, 0.25) is 0 Å². The van der Waals surface area contributed by atoms with E-state index in [-0.39, 0.29) is 36.5 Å². The first kappa shape index (κ1) is 25.5. The lowest BCUT2D eigenvalue weighted by Crippen LogP contribution is -2.42. The number of hydrogen-bond acceptors (Lipinski definition) is 6. The van der Waals surface area contributed by atoms with E-state index in [1.807, 2.05) is 0 Å². The van der Waals surface area contributed by atoms with Gasteiger partial charge in [-0.05, 0) is 50.1 Å². The van der Waals surface area contributed by atoms with Crippen molar-refractivity contribution in [3.05, 3.63) is 59.9 Å². The van der Waals surface area contributed by atoms with Crippen LogP contribution in [0.1, 0.15) is 25.3 Å². The van der Waals surface area contributed by atoms with Crippen LogP contribution in [0.3, 0.4) is 0 Å². The van der Waals surface area contributed by atoms with Gasteiger partial charge in [-0.25, -0.2) is 12.8 Å². The number of carbonyl (C=O) groups excluding carboxylic acids is 2. The Kier molecular flexibility index (Phi) is 8.49. The number of piperidine rings is 1. The topological polar surface area (TPSA) is 93.2 Å². The highest BCUT2D eigenvalue weighted by molar-refractivity contribution is 7.92. The SMILES string of the molecule is CCOC(=O)C1CCN(C(=O)COc2ccc(N(Cc3ccccc3F)S(C)(=O)=O)cc2)CC1. The van der Waals surface area contributed by atoms with Gasteiger partial charge in [0, 0.05) is 18.7 Å². The van der Waals surface area contributed by atoms with Gasteiger partial charge in [0.2, 0.25) is 10.0 Å². The normalized spacial score (nSPS) is 14.5. The second-order valence-electron chi connectivity index (χ2n) is 8.05. The minimum atomic E-state index is -3.67. The van der Waals surface area contributed by atoms with Crippen molar-refractivity contribution in [2.75, 3.05) is 36.9 Å². The van der Waals surface area contributed by atoms with Crippen molar-refractivity contribution in [2.45, 2.75) is 26.3 Å². The van der Waals surface area contributed by atoms with E-state index >= 15 is 0 Å². The molecule has 0 radical (unpaired) electrons.